The maximum Gasteiger partial charge on any atom is 0.257 e. The Kier molecular flexibility index (Phi) is 7.51. The highest BCUT2D eigenvalue weighted by atomic mass is 32.1. The second kappa shape index (κ2) is 10.3. The lowest BCUT2D eigenvalue weighted by atomic mass is 10.0. The van der Waals surface area contributed by atoms with Crippen LogP contribution in [0, 0.1) is 0 Å². The Morgan fingerprint density at radius 3 is 2.79 bits per heavy atom. The van der Waals surface area contributed by atoms with E-state index in [9.17, 15) is 4.79 Å². The molecule has 0 unspecified atom stereocenters. The Hall–Kier alpha value is -2.55. The maximum atomic E-state index is 12.7. The minimum Gasteiger partial charge on any atom is -0.419 e. The van der Waals surface area contributed by atoms with Crippen molar-refractivity contribution in [2.45, 2.75) is 26.3 Å². The molecule has 2 aromatic heterocycles. The summed E-state index contributed by atoms with van der Waals surface area (Å²) in [6, 6.07) is 11.7. The number of hydrogen-bond acceptors (Lipinski definition) is 7. The Morgan fingerprint density at radius 2 is 2.07 bits per heavy atom. The average molecular weight is 415 g/mol. The number of aromatic nitrogens is 2. The SMILES string of the molecule is COCCN(CC(=O)Nc1ccccc1C(C)C)Cc1nnc(-c2cccs2)o1. The summed E-state index contributed by atoms with van der Waals surface area (Å²) in [7, 11) is 1.64. The predicted molar refractivity (Wildman–Crippen MR) is 114 cm³/mol. The zero-order chi connectivity index (χ0) is 20.6. The summed E-state index contributed by atoms with van der Waals surface area (Å²) in [5.41, 5.74) is 1.96. The number of carbonyl (C=O) groups excluding carboxylic acids is 1. The van der Waals surface area contributed by atoms with Gasteiger partial charge in [-0.2, -0.15) is 0 Å². The van der Waals surface area contributed by atoms with Crippen LogP contribution in [0.4, 0.5) is 5.69 Å². The molecule has 0 saturated heterocycles. The highest BCUT2D eigenvalue weighted by Gasteiger charge is 2.17. The van der Waals surface area contributed by atoms with Crippen molar-refractivity contribution in [3.8, 4) is 10.8 Å². The molecule has 0 aliphatic carbocycles. The van der Waals surface area contributed by atoms with Gasteiger partial charge in [-0.25, -0.2) is 0 Å². The molecule has 3 aromatic rings. The molecule has 3 rings (SSSR count). The molecule has 0 aliphatic rings. The number of rotatable bonds is 10. The van der Waals surface area contributed by atoms with Crippen molar-refractivity contribution in [1.82, 2.24) is 15.1 Å². The second-order valence-corrected chi connectivity index (χ2v) is 7.92. The fourth-order valence-electron chi connectivity index (χ4n) is 2.95. The lowest BCUT2D eigenvalue weighted by molar-refractivity contribution is -0.117. The van der Waals surface area contributed by atoms with Crippen LogP contribution in [-0.2, 0) is 16.1 Å². The van der Waals surface area contributed by atoms with Crippen LogP contribution < -0.4 is 5.32 Å². The van der Waals surface area contributed by atoms with E-state index in [4.69, 9.17) is 9.15 Å². The first-order valence-corrected chi connectivity index (χ1v) is 10.4. The second-order valence-electron chi connectivity index (χ2n) is 6.97. The van der Waals surface area contributed by atoms with Crippen LogP contribution in [-0.4, -0.2) is 47.8 Å². The van der Waals surface area contributed by atoms with Gasteiger partial charge < -0.3 is 14.5 Å². The Labute approximate surface area is 174 Å². The number of thiophene rings is 1. The molecule has 0 saturated carbocycles. The van der Waals surface area contributed by atoms with E-state index < -0.39 is 0 Å². The van der Waals surface area contributed by atoms with Gasteiger partial charge in [-0.3, -0.25) is 9.69 Å². The van der Waals surface area contributed by atoms with Crippen molar-refractivity contribution in [3.05, 3.63) is 53.2 Å². The van der Waals surface area contributed by atoms with Crippen LogP contribution in [0.15, 0.2) is 46.2 Å². The van der Waals surface area contributed by atoms with Crippen molar-refractivity contribution in [2.75, 3.05) is 32.1 Å². The summed E-state index contributed by atoms with van der Waals surface area (Å²) in [6.45, 7) is 5.87. The molecule has 0 fully saturated rings. The normalized spacial score (nSPS) is 11.3. The van der Waals surface area contributed by atoms with Gasteiger partial charge in [0, 0.05) is 19.3 Å². The van der Waals surface area contributed by atoms with Crippen LogP contribution in [0.25, 0.3) is 10.8 Å². The molecule has 0 atom stereocenters. The third kappa shape index (κ3) is 5.96. The van der Waals surface area contributed by atoms with E-state index in [0.29, 0.717) is 37.4 Å². The molecule has 1 amide bonds. The summed E-state index contributed by atoms with van der Waals surface area (Å²) in [6.07, 6.45) is 0. The molecule has 1 aromatic carbocycles. The van der Waals surface area contributed by atoms with Crippen LogP contribution in [0.1, 0.15) is 31.2 Å². The van der Waals surface area contributed by atoms with Gasteiger partial charge in [0.25, 0.3) is 5.89 Å². The minimum absolute atomic E-state index is 0.0906. The predicted octanol–water partition coefficient (Wildman–Crippen LogP) is 4.01. The van der Waals surface area contributed by atoms with E-state index in [2.05, 4.69) is 29.4 Å². The number of ether oxygens (including phenoxy) is 1. The summed E-state index contributed by atoms with van der Waals surface area (Å²) in [5, 5.41) is 13.2. The fourth-order valence-corrected chi connectivity index (χ4v) is 3.59. The topological polar surface area (TPSA) is 80.5 Å². The number of para-hydroxylation sites is 1. The molecule has 154 valence electrons. The number of carbonyl (C=O) groups is 1. The van der Waals surface area contributed by atoms with Gasteiger partial charge in [-0.05, 0) is 29.0 Å². The van der Waals surface area contributed by atoms with Crippen molar-refractivity contribution < 1.29 is 13.9 Å². The van der Waals surface area contributed by atoms with Gasteiger partial charge >= 0.3 is 0 Å². The van der Waals surface area contributed by atoms with Crippen LogP contribution in [0.3, 0.4) is 0 Å². The third-order valence-corrected chi connectivity index (χ3v) is 5.25. The fraction of sp³-hybridized carbons (Fsp3) is 0.381. The molecule has 1 N–H and O–H groups in total. The highest BCUT2D eigenvalue weighted by Crippen LogP contribution is 2.24. The van der Waals surface area contributed by atoms with Crippen molar-refractivity contribution >= 4 is 22.9 Å². The van der Waals surface area contributed by atoms with E-state index in [1.807, 2.05) is 46.7 Å². The summed E-state index contributed by atoms with van der Waals surface area (Å²) in [4.78, 5) is 15.5. The minimum atomic E-state index is -0.0906. The van der Waals surface area contributed by atoms with Crippen molar-refractivity contribution in [1.29, 1.82) is 0 Å². The maximum absolute atomic E-state index is 12.7. The third-order valence-electron chi connectivity index (χ3n) is 4.39. The van der Waals surface area contributed by atoms with Gasteiger partial charge in [0.2, 0.25) is 11.8 Å². The monoisotopic (exact) mass is 414 g/mol. The van der Waals surface area contributed by atoms with Gasteiger partial charge in [-0.15, -0.1) is 21.5 Å². The first kappa shape index (κ1) is 21.2. The van der Waals surface area contributed by atoms with Crippen LogP contribution in [0.2, 0.25) is 0 Å². The molecular formula is C21H26N4O3S. The molecular weight excluding hydrogens is 388 g/mol. The molecule has 0 bridgehead atoms. The van der Waals surface area contributed by atoms with Gasteiger partial charge in [0.1, 0.15) is 0 Å². The number of methoxy groups -OCH3 is 1. The molecule has 0 spiro atoms. The summed E-state index contributed by atoms with van der Waals surface area (Å²) in [5.74, 6) is 1.20. The van der Waals surface area contributed by atoms with E-state index in [1.165, 1.54) is 0 Å². The summed E-state index contributed by atoms with van der Waals surface area (Å²) < 4.78 is 10.9. The Bertz CT molecular complexity index is 908. The van der Waals surface area contributed by atoms with Gasteiger partial charge in [-0.1, -0.05) is 38.1 Å². The first-order valence-electron chi connectivity index (χ1n) is 9.53. The zero-order valence-corrected chi connectivity index (χ0v) is 17.7. The largest absolute Gasteiger partial charge is 0.419 e. The van der Waals surface area contributed by atoms with Crippen molar-refractivity contribution in [2.24, 2.45) is 0 Å². The van der Waals surface area contributed by atoms with Gasteiger partial charge in [0.05, 0.1) is 24.6 Å². The first-order chi connectivity index (χ1) is 14.1. The zero-order valence-electron chi connectivity index (χ0n) is 16.9. The molecule has 7 nitrogen and oxygen atoms in total. The molecule has 2 heterocycles. The standard InChI is InChI=1S/C21H26N4O3S/c1-15(2)16-7-4-5-8-17(16)22-19(26)13-25(10-11-27-3)14-20-23-24-21(28-20)18-9-6-12-29-18/h4-9,12,15H,10-11,13-14H2,1-3H3,(H,22,26). The highest BCUT2D eigenvalue weighted by molar-refractivity contribution is 7.13. The average Bonchev–Trinajstić information content (AvgIpc) is 3.38. The van der Waals surface area contributed by atoms with Crippen LogP contribution >= 0.6 is 11.3 Å². The van der Waals surface area contributed by atoms with E-state index in [0.717, 1.165) is 16.1 Å². The van der Waals surface area contributed by atoms with Crippen LogP contribution in [0.5, 0.6) is 0 Å². The number of benzene rings is 1. The lowest BCUT2D eigenvalue weighted by Crippen LogP contribution is -2.35. The van der Waals surface area contributed by atoms with Gasteiger partial charge in [0.15, 0.2) is 0 Å². The number of nitrogens with one attached hydrogen (secondary N) is 1. The Balaban J connectivity index is 1.65. The lowest BCUT2D eigenvalue weighted by Gasteiger charge is -2.20. The van der Waals surface area contributed by atoms with E-state index in [1.54, 1.807) is 18.4 Å². The molecule has 0 aliphatic heterocycles. The summed E-state index contributed by atoms with van der Waals surface area (Å²) >= 11 is 1.54. The van der Waals surface area contributed by atoms with Crippen molar-refractivity contribution in [3.63, 3.8) is 0 Å². The quantitative estimate of drug-likeness (QED) is 0.540. The number of hydrogen-bond donors (Lipinski definition) is 1. The molecule has 29 heavy (non-hydrogen) atoms. The molecule has 0 radical (unpaired) electrons. The number of nitrogens with zero attached hydrogens (tertiary/aromatic N) is 3. The number of amides is 1. The van der Waals surface area contributed by atoms with E-state index >= 15 is 0 Å². The van der Waals surface area contributed by atoms with E-state index in [-0.39, 0.29) is 12.5 Å². The molecule has 8 heteroatoms. The number of anilines is 1. The smallest absolute Gasteiger partial charge is 0.257 e. The Morgan fingerprint density at radius 1 is 1.24 bits per heavy atom.